The van der Waals surface area contributed by atoms with Crippen molar-refractivity contribution in [2.45, 2.75) is 38.6 Å². The molecule has 0 bridgehead atoms. The highest BCUT2D eigenvalue weighted by Gasteiger charge is 2.27. The molecule has 5 nitrogen and oxygen atoms in total. The van der Waals surface area contributed by atoms with Crippen LogP contribution in [0.5, 0.6) is 0 Å². The largest absolute Gasteiger partial charge is 0.335 e. The molecule has 4 rings (SSSR count). The van der Waals surface area contributed by atoms with E-state index in [2.05, 4.69) is 53.2 Å². The van der Waals surface area contributed by atoms with Crippen LogP contribution in [0.15, 0.2) is 66.7 Å². The summed E-state index contributed by atoms with van der Waals surface area (Å²) < 4.78 is 0. The number of urea groups is 1. The number of anilines is 1. The fourth-order valence-corrected chi connectivity index (χ4v) is 5.62. The van der Waals surface area contributed by atoms with Crippen LogP contribution in [0.2, 0.25) is 10.0 Å². The van der Waals surface area contributed by atoms with E-state index < -0.39 is 0 Å². The summed E-state index contributed by atoms with van der Waals surface area (Å²) in [5.41, 5.74) is 4.64. The zero-order valence-electron chi connectivity index (χ0n) is 20.9. The number of rotatable bonds is 8. The summed E-state index contributed by atoms with van der Waals surface area (Å²) >= 11 is 12.2. The first-order valence-electron chi connectivity index (χ1n) is 12.7. The first kappa shape index (κ1) is 27.0. The molecule has 37 heavy (non-hydrogen) atoms. The highest BCUT2D eigenvalue weighted by molar-refractivity contribution is 6.35. The number of piperidine rings is 1. The van der Waals surface area contributed by atoms with Crippen molar-refractivity contribution in [1.29, 1.82) is 5.26 Å². The van der Waals surface area contributed by atoms with Gasteiger partial charge in [0.25, 0.3) is 0 Å². The van der Waals surface area contributed by atoms with Crippen molar-refractivity contribution < 1.29 is 4.79 Å². The van der Waals surface area contributed by atoms with Gasteiger partial charge in [-0.05, 0) is 97.6 Å². The lowest BCUT2D eigenvalue weighted by atomic mass is 9.83. The molecule has 7 heteroatoms. The van der Waals surface area contributed by atoms with E-state index >= 15 is 0 Å². The van der Waals surface area contributed by atoms with E-state index in [4.69, 9.17) is 23.2 Å². The molecule has 1 heterocycles. The van der Waals surface area contributed by atoms with Gasteiger partial charge in [0.1, 0.15) is 0 Å². The SMILES string of the molecule is CC(Cc1ccc(-c2cccc(C#N)c2)cc1)CC(NC(=O)Nc1cc(Cl)cc(Cl)c1)C1CCNCC1. The van der Waals surface area contributed by atoms with Gasteiger partial charge in [0.05, 0.1) is 11.6 Å². The van der Waals surface area contributed by atoms with E-state index in [-0.39, 0.29) is 12.1 Å². The molecule has 0 aromatic heterocycles. The number of halogens is 2. The minimum atomic E-state index is -0.238. The van der Waals surface area contributed by atoms with Crippen LogP contribution in [0.4, 0.5) is 10.5 Å². The van der Waals surface area contributed by atoms with E-state index in [0.717, 1.165) is 49.9 Å². The lowest BCUT2D eigenvalue weighted by Gasteiger charge is -2.33. The minimum Gasteiger partial charge on any atom is -0.335 e. The Hall–Kier alpha value is -3.04. The fourth-order valence-electron chi connectivity index (χ4n) is 5.10. The summed E-state index contributed by atoms with van der Waals surface area (Å²) in [7, 11) is 0. The van der Waals surface area contributed by atoms with Crippen molar-refractivity contribution in [3.63, 3.8) is 0 Å². The van der Waals surface area contributed by atoms with E-state index in [9.17, 15) is 10.1 Å². The van der Waals surface area contributed by atoms with Gasteiger partial charge in [-0.1, -0.05) is 66.5 Å². The number of hydrogen-bond donors (Lipinski definition) is 3. The van der Waals surface area contributed by atoms with E-state index in [1.807, 2.05) is 24.3 Å². The molecule has 2 unspecified atom stereocenters. The zero-order chi connectivity index (χ0) is 26.2. The molecule has 1 fully saturated rings. The van der Waals surface area contributed by atoms with Gasteiger partial charge in [0.2, 0.25) is 0 Å². The van der Waals surface area contributed by atoms with Gasteiger partial charge in [-0.2, -0.15) is 5.26 Å². The predicted octanol–water partition coefficient (Wildman–Crippen LogP) is 7.29. The first-order valence-corrected chi connectivity index (χ1v) is 13.5. The second-order valence-corrected chi connectivity index (χ2v) is 10.8. The van der Waals surface area contributed by atoms with Crippen molar-refractivity contribution in [3.05, 3.63) is 87.9 Å². The summed E-state index contributed by atoms with van der Waals surface area (Å²) in [6.45, 7) is 4.18. The molecule has 3 aromatic rings. The minimum absolute atomic E-state index is 0.0692. The van der Waals surface area contributed by atoms with Gasteiger partial charge in [0, 0.05) is 21.8 Å². The van der Waals surface area contributed by atoms with Crippen molar-refractivity contribution in [2.75, 3.05) is 18.4 Å². The van der Waals surface area contributed by atoms with Gasteiger partial charge in [-0.25, -0.2) is 4.79 Å². The molecule has 0 saturated carbocycles. The zero-order valence-corrected chi connectivity index (χ0v) is 22.4. The summed E-state index contributed by atoms with van der Waals surface area (Å²) in [6, 6.07) is 23.3. The number of benzene rings is 3. The van der Waals surface area contributed by atoms with Crippen LogP contribution >= 0.6 is 23.2 Å². The Balaban J connectivity index is 1.39. The van der Waals surface area contributed by atoms with Crippen LogP contribution in [0.25, 0.3) is 11.1 Å². The molecule has 0 spiro atoms. The Bertz CT molecular complexity index is 1230. The first-order chi connectivity index (χ1) is 17.9. The summed E-state index contributed by atoms with van der Waals surface area (Å²) in [5, 5.41) is 19.7. The third-order valence-electron chi connectivity index (χ3n) is 6.91. The maximum Gasteiger partial charge on any atom is 0.319 e. The third-order valence-corrected chi connectivity index (χ3v) is 7.35. The number of hydrogen-bond acceptors (Lipinski definition) is 3. The van der Waals surface area contributed by atoms with E-state index in [1.54, 1.807) is 18.2 Å². The predicted molar refractivity (Wildman–Crippen MR) is 152 cm³/mol. The Labute approximate surface area is 229 Å². The van der Waals surface area contributed by atoms with E-state index in [1.165, 1.54) is 5.56 Å². The molecule has 3 aromatic carbocycles. The van der Waals surface area contributed by atoms with Gasteiger partial charge < -0.3 is 16.0 Å². The maximum atomic E-state index is 12.9. The standard InChI is InChI=1S/C30H32Cl2N4O/c1-20(13-21-5-7-23(8-6-21)25-4-2-3-22(15-25)19-33)14-29(24-9-11-34-12-10-24)36-30(37)35-28-17-26(31)16-27(32)18-28/h2-8,15-18,20,24,29,34H,9-14H2,1H3,(H2,35,36,37). The van der Waals surface area contributed by atoms with Crippen molar-refractivity contribution in [2.24, 2.45) is 11.8 Å². The number of nitrogens with one attached hydrogen (secondary N) is 3. The Morgan fingerprint density at radius 2 is 1.73 bits per heavy atom. The smallest absolute Gasteiger partial charge is 0.319 e. The molecule has 192 valence electrons. The molecule has 3 N–H and O–H groups in total. The number of nitriles is 1. The second-order valence-electron chi connectivity index (χ2n) is 9.89. The molecular formula is C30H32Cl2N4O. The Kier molecular flexibility index (Phi) is 9.46. The van der Waals surface area contributed by atoms with Gasteiger partial charge in [-0.3, -0.25) is 0 Å². The summed E-state index contributed by atoms with van der Waals surface area (Å²) in [6.07, 6.45) is 3.89. The highest BCUT2D eigenvalue weighted by atomic mass is 35.5. The van der Waals surface area contributed by atoms with Crippen LogP contribution in [0, 0.1) is 23.2 Å². The van der Waals surface area contributed by atoms with Crippen molar-refractivity contribution in [1.82, 2.24) is 10.6 Å². The summed E-state index contributed by atoms with van der Waals surface area (Å²) in [5.74, 6) is 0.806. The number of nitrogens with zero attached hydrogens (tertiary/aromatic N) is 1. The normalized spacial score (nSPS) is 15.4. The molecule has 1 saturated heterocycles. The van der Waals surface area contributed by atoms with Crippen molar-refractivity contribution >= 4 is 34.9 Å². The van der Waals surface area contributed by atoms with Crippen LogP contribution in [0.1, 0.15) is 37.3 Å². The Morgan fingerprint density at radius 3 is 2.41 bits per heavy atom. The van der Waals surface area contributed by atoms with Gasteiger partial charge in [0.15, 0.2) is 0 Å². The Morgan fingerprint density at radius 1 is 1.03 bits per heavy atom. The fraction of sp³-hybridized carbons (Fsp3) is 0.333. The molecule has 2 atom stereocenters. The van der Waals surface area contributed by atoms with E-state index in [0.29, 0.717) is 33.1 Å². The average Bonchev–Trinajstić information content (AvgIpc) is 2.88. The van der Waals surface area contributed by atoms with Crippen LogP contribution in [0.3, 0.4) is 0 Å². The number of amides is 2. The van der Waals surface area contributed by atoms with Crippen LogP contribution < -0.4 is 16.0 Å². The molecule has 1 aliphatic heterocycles. The maximum absolute atomic E-state index is 12.9. The lowest BCUT2D eigenvalue weighted by Crippen LogP contribution is -2.46. The van der Waals surface area contributed by atoms with Gasteiger partial charge >= 0.3 is 6.03 Å². The molecular weight excluding hydrogens is 503 g/mol. The summed E-state index contributed by atoms with van der Waals surface area (Å²) in [4.78, 5) is 12.9. The average molecular weight is 536 g/mol. The lowest BCUT2D eigenvalue weighted by molar-refractivity contribution is 0.222. The van der Waals surface area contributed by atoms with Crippen LogP contribution in [-0.2, 0) is 6.42 Å². The topological polar surface area (TPSA) is 77.0 Å². The second kappa shape index (κ2) is 13.0. The molecule has 0 aliphatic carbocycles. The monoisotopic (exact) mass is 534 g/mol. The molecule has 2 amide bonds. The van der Waals surface area contributed by atoms with Gasteiger partial charge in [-0.15, -0.1) is 0 Å². The van der Waals surface area contributed by atoms with Crippen molar-refractivity contribution in [3.8, 4) is 17.2 Å². The quantitative estimate of drug-likeness (QED) is 0.284. The third kappa shape index (κ3) is 7.97. The molecule has 0 radical (unpaired) electrons. The number of carbonyl (C=O) groups excluding carboxylic acids is 1. The van der Waals surface area contributed by atoms with Crippen LogP contribution in [-0.4, -0.2) is 25.2 Å². The molecule has 1 aliphatic rings. The number of carbonyl (C=O) groups is 1. The highest BCUT2D eigenvalue weighted by Crippen LogP contribution is 2.26.